The number of rotatable bonds is 8. The van der Waals surface area contributed by atoms with E-state index in [0.29, 0.717) is 12.5 Å². The first-order chi connectivity index (χ1) is 6.95. The molecule has 0 amide bonds. The lowest BCUT2D eigenvalue weighted by Gasteiger charge is -2.24. The lowest BCUT2D eigenvalue weighted by Crippen LogP contribution is -2.42. The van der Waals surface area contributed by atoms with Crippen LogP contribution in [0.1, 0.15) is 6.42 Å². The van der Waals surface area contributed by atoms with Crippen molar-refractivity contribution in [3.8, 4) is 0 Å². The zero-order valence-electron chi connectivity index (χ0n) is 9.56. The van der Waals surface area contributed by atoms with Crippen molar-refractivity contribution in [1.29, 1.82) is 0 Å². The van der Waals surface area contributed by atoms with Crippen molar-refractivity contribution in [2.24, 2.45) is 0 Å². The fourth-order valence-electron chi connectivity index (χ4n) is 1.14. The minimum Gasteiger partial charge on any atom is -0.377 e. The molecule has 0 bridgehead atoms. The van der Waals surface area contributed by atoms with E-state index in [0.717, 1.165) is 0 Å². The highest BCUT2D eigenvalue weighted by atomic mass is 31.2. The van der Waals surface area contributed by atoms with Crippen molar-refractivity contribution in [2.75, 3.05) is 34.6 Å². The molecule has 0 rings (SSSR count). The molecule has 0 saturated carbocycles. The summed E-state index contributed by atoms with van der Waals surface area (Å²) in [4.78, 5) is 9.16. The van der Waals surface area contributed by atoms with E-state index in [1.807, 2.05) is 0 Å². The Balaban J connectivity index is 4.07. The topological polar surface area (TPSA) is 74.2 Å². The van der Waals surface area contributed by atoms with Gasteiger partial charge in [0.05, 0.1) is 0 Å². The highest BCUT2D eigenvalue weighted by Gasteiger charge is 2.37. The van der Waals surface area contributed by atoms with Gasteiger partial charge in [-0.25, -0.2) is 0 Å². The van der Waals surface area contributed by atoms with Gasteiger partial charge in [0.1, 0.15) is 0 Å². The van der Waals surface area contributed by atoms with E-state index in [-0.39, 0.29) is 6.16 Å². The quantitative estimate of drug-likeness (QED) is 0.519. The molecule has 0 aliphatic heterocycles. The predicted octanol–water partition coefficient (Wildman–Crippen LogP) is 1.09. The van der Waals surface area contributed by atoms with Crippen molar-refractivity contribution in [2.45, 2.75) is 12.5 Å². The third kappa shape index (κ3) is 5.21. The minimum absolute atomic E-state index is 0.0777. The van der Waals surface area contributed by atoms with Crippen LogP contribution in [0.4, 0.5) is 0 Å². The molecule has 1 unspecified atom stereocenters. The largest absolute Gasteiger partial charge is 0.500 e. The van der Waals surface area contributed by atoms with Gasteiger partial charge in [-0.15, -0.1) is 0 Å². The standard InChI is InChI=1S/C7H19O6PSi/c1-10-14(8,9)6-5-7-15(11-2,12-3)13-4/h5-7H2,1-4H3,(H,8,9). The van der Waals surface area contributed by atoms with Gasteiger partial charge in [0.15, 0.2) is 0 Å². The molecule has 0 aromatic carbocycles. The second-order valence-corrected chi connectivity index (χ2v) is 8.12. The van der Waals surface area contributed by atoms with Gasteiger partial charge in [0.25, 0.3) is 0 Å². The summed E-state index contributed by atoms with van der Waals surface area (Å²) in [6, 6.07) is 0.490. The smallest absolute Gasteiger partial charge is 0.377 e. The SMILES string of the molecule is CO[Si](CCCP(=O)(O)OC)(OC)OC. The van der Waals surface area contributed by atoms with Gasteiger partial charge in [0, 0.05) is 40.6 Å². The second-order valence-electron chi connectivity index (χ2n) is 2.94. The Hall–Kier alpha value is 0.247. The zero-order chi connectivity index (χ0) is 11.9. The molecule has 0 aromatic rings. The summed E-state index contributed by atoms with van der Waals surface area (Å²) < 4.78 is 31.1. The second kappa shape index (κ2) is 6.75. The molecule has 0 saturated heterocycles. The third-order valence-electron chi connectivity index (χ3n) is 2.14. The van der Waals surface area contributed by atoms with Crippen molar-refractivity contribution < 1.29 is 27.3 Å². The molecular formula is C7H19O6PSi. The van der Waals surface area contributed by atoms with E-state index in [4.69, 9.17) is 18.2 Å². The van der Waals surface area contributed by atoms with Gasteiger partial charge >= 0.3 is 16.4 Å². The molecule has 0 aromatic heterocycles. The van der Waals surface area contributed by atoms with Crippen LogP contribution in [0.25, 0.3) is 0 Å². The Morgan fingerprint density at radius 2 is 1.60 bits per heavy atom. The van der Waals surface area contributed by atoms with E-state index >= 15 is 0 Å². The van der Waals surface area contributed by atoms with Crippen LogP contribution in [0.2, 0.25) is 6.04 Å². The van der Waals surface area contributed by atoms with E-state index in [2.05, 4.69) is 4.52 Å². The summed E-state index contributed by atoms with van der Waals surface area (Å²) in [6.07, 6.45) is 0.539. The van der Waals surface area contributed by atoms with E-state index in [1.165, 1.54) is 28.4 Å². The van der Waals surface area contributed by atoms with Gasteiger partial charge in [-0.1, -0.05) is 0 Å². The third-order valence-corrected chi connectivity index (χ3v) is 6.43. The van der Waals surface area contributed by atoms with E-state index < -0.39 is 16.4 Å². The fraction of sp³-hybridized carbons (Fsp3) is 1.00. The highest BCUT2D eigenvalue weighted by Crippen LogP contribution is 2.42. The van der Waals surface area contributed by atoms with E-state index in [1.54, 1.807) is 0 Å². The van der Waals surface area contributed by atoms with Gasteiger partial charge in [0.2, 0.25) is 0 Å². The average molecular weight is 258 g/mol. The molecule has 1 N–H and O–H groups in total. The van der Waals surface area contributed by atoms with Gasteiger partial charge < -0.3 is 22.7 Å². The average Bonchev–Trinajstić information content (AvgIpc) is 2.25. The Bertz CT molecular complexity index is 211. The van der Waals surface area contributed by atoms with Crippen molar-refractivity contribution >= 4 is 16.4 Å². The van der Waals surface area contributed by atoms with Crippen LogP contribution < -0.4 is 0 Å². The number of hydrogen-bond acceptors (Lipinski definition) is 5. The summed E-state index contributed by atoms with van der Waals surface area (Å²) in [5, 5.41) is 0. The maximum atomic E-state index is 11.2. The molecule has 0 heterocycles. The molecule has 1 atom stereocenters. The lowest BCUT2D eigenvalue weighted by molar-refractivity contribution is 0.123. The molecule has 15 heavy (non-hydrogen) atoms. The maximum absolute atomic E-state index is 11.2. The summed E-state index contributed by atoms with van der Waals surface area (Å²) in [7, 11) is -0.312. The van der Waals surface area contributed by atoms with Crippen LogP contribution in [0.3, 0.4) is 0 Å². The molecular weight excluding hydrogens is 239 g/mol. The molecule has 0 radical (unpaired) electrons. The Morgan fingerprint density at radius 3 is 1.93 bits per heavy atom. The van der Waals surface area contributed by atoms with Crippen LogP contribution in [0.5, 0.6) is 0 Å². The van der Waals surface area contributed by atoms with E-state index in [9.17, 15) is 4.57 Å². The van der Waals surface area contributed by atoms with Crippen LogP contribution in [-0.2, 0) is 22.4 Å². The molecule has 0 aliphatic carbocycles. The van der Waals surface area contributed by atoms with Crippen LogP contribution in [0, 0.1) is 0 Å². The van der Waals surface area contributed by atoms with Crippen molar-refractivity contribution in [3.05, 3.63) is 0 Å². The Labute approximate surface area is 91.4 Å². The first-order valence-corrected chi connectivity index (χ1v) is 8.17. The van der Waals surface area contributed by atoms with Crippen LogP contribution >= 0.6 is 7.60 Å². The summed E-state index contributed by atoms with van der Waals surface area (Å²) in [5.74, 6) is 0. The normalized spacial score (nSPS) is 16.3. The van der Waals surface area contributed by atoms with Gasteiger partial charge in [-0.05, 0) is 6.42 Å². The first kappa shape index (κ1) is 15.2. The maximum Gasteiger partial charge on any atom is 0.500 e. The monoisotopic (exact) mass is 258 g/mol. The molecule has 8 heteroatoms. The van der Waals surface area contributed by atoms with Crippen molar-refractivity contribution in [3.63, 3.8) is 0 Å². The Morgan fingerprint density at radius 1 is 1.13 bits per heavy atom. The summed E-state index contributed by atoms with van der Waals surface area (Å²) in [5.41, 5.74) is 0. The summed E-state index contributed by atoms with van der Waals surface area (Å²) in [6.45, 7) is 0. The van der Waals surface area contributed by atoms with Crippen LogP contribution in [-0.4, -0.2) is 48.3 Å². The fourth-order valence-corrected chi connectivity index (χ4v) is 3.90. The number of hydrogen-bond donors (Lipinski definition) is 1. The summed E-state index contributed by atoms with van der Waals surface area (Å²) >= 11 is 0. The molecule has 6 nitrogen and oxygen atoms in total. The van der Waals surface area contributed by atoms with Gasteiger partial charge in [-0.3, -0.25) is 4.57 Å². The highest BCUT2D eigenvalue weighted by molar-refractivity contribution is 7.52. The van der Waals surface area contributed by atoms with Gasteiger partial charge in [-0.2, -0.15) is 0 Å². The minimum atomic E-state index is -3.44. The molecule has 0 aliphatic rings. The zero-order valence-corrected chi connectivity index (χ0v) is 11.5. The molecule has 92 valence electrons. The lowest BCUT2D eigenvalue weighted by atomic mass is 10.6. The molecule has 0 fully saturated rings. The first-order valence-electron chi connectivity index (χ1n) is 4.48. The molecule has 0 spiro atoms. The van der Waals surface area contributed by atoms with Crippen molar-refractivity contribution in [1.82, 2.24) is 0 Å². The van der Waals surface area contributed by atoms with Crippen LogP contribution in [0.15, 0.2) is 0 Å². The predicted molar refractivity (Wildman–Crippen MR) is 57.9 cm³/mol. The Kier molecular flexibility index (Phi) is 6.86.